The van der Waals surface area contributed by atoms with Gasteiger partial charge in [0.1, 0.15) is 11.2 Å². The van der Waals surface area contributed by atoms with E-state index in [1.165, 1.54) is 33.4 Å². The number of benzene rings is 2. The summed E-state index contributed by atoms with van der Waals surface area (Å²) in [5.41, 5.74) is 9.91. The van der Waals surface area contributed by atoms with Gasteiger partial charge in [-0.2, -0.15) is 5.10 Å². The average molecular weight is 663 g/mol. The van der Waals surface area contributed by atoms with E-state index in [2.05, 4.69) is 54.5 Å². The van der Waals surface area contributed by atoms with E-state index in [1.54, 1.807) is 10.9 Å². The zero-order chi connectivity index (χ0) is 34.7. The number of likely N-dealkylation sites (tertiary alicyclic amines) is 1. The number of hydrogen-bond acceptors (Lipinski definition) is 6. The number of hydrogen-bond donors (Lipinski definition) is 0. The highest BCUT2D eigenvalue weighted by molar-refractivity contribution is 5.90. The first-order chi connectivity index (χ1) is 23.6. The Balaban J connectivity index is 1.21. The molecule has 1 amide bonds. The van der Waals surface area contributed by atoms with Gasteiger partial charge in [-0.1, -0.05) is 56.3 Å². The molecule has 1 aliphatic carbocycles. The number of piperidine rings is 1. The Morgan fingerprint density at radius 1 is 0.939 bits per heavy atom. The van der Waals surface area contributed by atoms with Crippen LogP contribution < -0.4 is 0 Å². The molecule has 1 saturated heterocycles. The Hall–Kier alpha value is -4.46. The van der Waals surface area contributed by atoms with Crippen molar-refractivity contribution in [3.63, 3.8) is 0 Å². The standard InChI is InChI=1S/C41H50N4O4/c1-7-28-24-27(16-19-32(28)29-20-22-44(23-21-29)40(47)49-41(4,5)6)25-31-18-17-30-12-10-13-33(38(30)31)35-14-11-15-37(43-35)45-36(8-2)34(26-42-45)39(46)48-9-3/h10-16,19,24,26,29,31H,7-9,17-18,20-23,25H2,1-6H3. The molecule has 0 spiro atoms. The minimum atomic E-state index is -0.476. The molecule has 258 valence electrons. The molecule has 1 fully saturated rings. The number of aryl methyl sites for hydroxylation is 2. The third-order valence-electron chi connectivity index (χ3n) is 9.95. The van der Waals surface area contributed by atoms with Crippen molar-refractivity contribution in [1.29, 1.82) is 0 Å². The summed E-state index contributed by atoms with van der Waals surface area (Å²) < 4.78 is 12.7. The molecule has 0 N–H and O–H groups in total. The molecule has 2 aliphatic rings. The van der Waals surface area contributed by atoms with Crippen molar-refractivity contribution in [3.8, 4) is 17.1 Å². The number of pyridine rings is 1. The largest absolute Gasteiger partial charge is 0.462 e. The molecule has 8 nitrogen and oxygen atoms in total. The monoisotopic (exact) mass is 662 g/mol. The predicted molar refractivity (Wildman–Crippen MR) is 192 cm³/mol. The number of amides is 1. The van der Waals surface area contributed by atoms with E-state index in [0.29, 0.717) is 36.2 Å². The zero-order valence-electron chi connectivity index (χ0n) is 29.9. The van der Waals surface area contributed by atoms with Gasteiger partial charge in [0, 0.05) is 18.7 Å². The van der Waals surface area contributed by atoms with Gasteiger partial charge < -0.3 is 14.4 Å². The van der Waals surface area contributed by atoms with Crippen molar-refractivity contribution in [2.75, 3.05) is 19.7 Å². The van der Waals surface area contributed by atoms with Crippen LogP contribution in [0.3, 0.4) is 0 Å². The van der Waals surface area contributed by atoms with Gasteiger partial charge >= 0.3 is 12.1 Å². The highest BCUT2D eigenvalue weighted by Crippen LogP contribution is 2.42. The molecule has 8 heteroatoms. The Morgan fingerprint density at radius 2 is 1.71 bits per heavy atom. The number of aromatic nitrogens is 3. The van der Waals surface area contributed by atoms with Crippen LogP contribution >= 0.6 is 0 Å². The molecule has 0 saturated carbocycles. The quantitative estimate of drug-likeness (QED) is 0.167. The van der Waals surface area contributed by atoms with E-state index in [1.807, 2.05) is 51.7 Å². The molecule has 6 rings (SSSR count). The van der Waals surface area contributed by atoms with Crippen molar-refractivity contribution < 1.29 is 19.1 Å². The molecule has 1 unspecified atom stereocenters. The summed E-state index contributed by atoms with van der Waals surface area (Å²) in [4.78, 5) is 32.2. The fourth-order valence-electron chi connectivity index (χ4n) is 7.67. The molecular weight excluding hydrogens is 612 g/mol. The number of esters is 1. The van der Waals surface area contributed by atoms with Crippen LogP contribution in [0.4, 0.5) is 4.79 Å². The minimum Gasteiger partial charge on any atom is -0.462 e. The van der Waals surface area contributed by atoms with E-state index in [9.17, 15) is 9.59 Å². The highest BCUT2D eigenvalue weighted by atomic mass is 16.6. The van der Waals surface area contributed by atoms with Crippen molar-refractivity contribution in [2.45, 2.75) is 104 Å². The summed E-state index contributed by atoms with van der Waals surface area (Å²) >= 11 is 0. The van der Waals surface area contributed by atoms with Crippen LogP contribution in [-0.2, 0) is 35.2 Å². The summed E-state index contributed by atoms with van der Waals surface area (Å²) in [5, 5.41) is 4.55. The lowest BCUT2D eigenvalue weighted by Crippen LogP contribution is -2.41. The predicted octanol–water partition coefficient (Wildman–Crippen LogP) is 8.62. The van der Waals surface area contributed by atoms with Crippen LogP contribution in [0.1, 0.15) is 117 Å². The lowest BCUT2D eigenvalue weighted by Gasteiger charge is -2.34. The summed E-state index contributed by atoms with van der Waals surface area (Å²) in [6.45, 7) is 13.6. The Labute approximate surface area is 290 Å². The summed E-state index contributed by atoms with van der Waals surface area (Å²) in [5.74, 6) is 1.19. The maximum absolute atomic E-state index is 12.6. The second kappa shape index (κ2) is 14.6. The second-order valence-electron chi connectivity index (χ2n) is 14.3. The highest BCUT2D eigenvalue weighted by Gasteiger charge is 2.30. The summed E-state index contributed by atoms with van der Waals surface area (Å²) in [6, 6.07) is 19.8. The fourth-order valence-corrected chi connectivity index (χ4v) is 7.67. The molecule has 3 heterocycles. The van der Waals surface area contributed by atoms with Crippen molar-refractivity contribution in [2.24, 2.45) is 0 Å². The third-order valence-corrected chi connectivity index (χ3v) is 9.95. The topological polar surface area (TPSA) is 86.6 Å². The average Bonchev–Trinajstić information content (AvgIpc) is 3.72. The molecule has 2 aromatic carbocycles. The van der Waals surface area contributed by atoms with Gasteiger partial charge in [0.2, 0.25) is 0 Å². The smallest absolute Gasteiger partial charge is 0.410 e. The van der Waals surface area contributed by atoms with Crippen LogP contribution in [0, 0.1) is 0 Å². The first-order valence-corrected chi connectivity index (χ1v) is 18.0. The molecule has 0 radical (unpaired) electrons. The Bertz CT molecular complexity index is 1810. The van der Waals surface area contributed by atoms with Gasteiger partial charge in [-0.05, 0) is 124 Å². The number of rotatable bonds is 9. The Kier molecular flexibility index (Phi) is 10.2. The molecule has 4 aromatic rings. The van der Waals surface area contributed by atoms with Crippen molar-refractivity contribution in [1.82, 2.24) is 19.7 Å². The van der Waals surface area contributed by atoms with E-state index in [0.717, 1.165) is 63.0 Å². The number of nitrogens with zero attached hydrogens (tertiary/aromatic N) is 4. The van der Waals surface area contributed by atoms with Gasteiger partial charge in [0.05, 0.1) is 24.2 Å². The van der Waals surface area contributed by atoms with Gasteiger partial charge in [0.25, 0.3) is 0 Å². The van der Waals surface area contributed by atoms with Crippen molar-refractivity contribution in [3.05, 3.63) is 99.9 Å². The van der Waals surface area contributed by atoms with Crippen LogP contribution in [0.5, 0.6) is 0 Å². The summed E-state index contributed by atoms with van der Waals surface area (Å²) in [6.07, 6.45) is 8.07. The number of carbonyl (C=O) groups is 2. The van der Waals surface area contributed by atoms with E-state index in [4.69, 9.17) is 14.5 Å². The molecular formula is C41H50N4O4. The van der Waals surface area contributed by atoms with E-state index < -0.39 is 5.60 Å². The van der Waals surface area contributed by atoms with E-state index in [-0.39, 0.29) is 12.1 Å². The van der Waals surface area contributed by atoms with Crippen molar-refractivity contribution >= 4 is 12.1 Å². The SMILES string of the molecule is CCOC(=O)c1cnn(-c2cccc(-c3cccc4c3C(Cc3ccc(C5CCN(C(=O)OC(C)(C)C)CC5)c(CC)c3)CC4)n2)c1CC. The lowest BCUT2D eigenvalue weighted by molar-refractivity contribution is 0.0204. The molecule has 1 aliphatic heterocycles. The maximum atomic E-state index is 12.6. The van der Waals surface area contributed by atoms with Crippen LogP contribution in [0.2, 0.25) is 0 Å². The van der Waals surface area contributed by atoms with Gasteiger partial charge in [-0.25, -0.2) is 19.3 Å². The Morgan fingerprint density at radius 3 is 2.43 bits per heavy atom. The fraction of sp³-hybridized carbons (Fsp3) is 0.463. The van der Waals surface area contributed by atoms with Crippen LogP contribution in [0.15, 0.2) is 60.8 Å². The van der Waals surface area contributed by atoms with Gasteiger partial charge in [0.15, 0.2) is 5.82 Å². The number of carbonyl (C=O) groups excluding carboxylic acids is 2. The van der Waals surface area contributed by atoms with Crippen LogP contribution in [-0.4, -0.2) is 57.0 Å². The lowest BCUT2D eigenvalue weighted by atomic mass is 9.83. The van der Waals surface area contributed by atoms with Gasteiger partial charge in [-0.3, -0.25) is 0 Å². The first kappa shape index (κ1) is 34.4. The normalized spacial score (nSPS) is 16.4. The molecule has 2 aromatic heterocycles. The second-order valence-corrected chi connectivity index (χ2v) is 14.3. The summed E-state index contributed by atoms with van der Waals surface area (Å²) in [7, 11) is 0. The zero-order valence-corrected chi connectivity index (χ0v) is 29.9. The minimum absolute atomic E-state index is 0.203. The van der Waals surface area contributed by atoms with Gasteiger partial charge in [-0.15, -0.1) is 0 Å². The molecule has 1 atom stereocenters. The molecule has 0 bridgehead atoms. The first-order valence-electron chi connectivity index (χ1n) is 18.0. The number of ether oxygens (including phenoxy) is 2. The van der Waals surface area contributed by atoms with E-state index >= 15 is 0 Å². The molecule has 49 heavy (non-hydrogen) atoms. The van der Waals surface area contributed by atoms with Crippen LogP contribution in [0.25, 0.3) is 17.1 Å². The third kappa shape index (κ3) is 7.43. The maximum Gasteiger partial charge on any atom is 0.410 e. The number of fused-ring (bicyclic) bond motifs is 1.